The van der Waals surface area contributed by atoms with E-state index in [1.807, 2.05) is 7.11 Å². The fourth-order valence-electron chi connectivity index (χ4n) is 7.72. The van der Waals surface area contributed by atoms with Gasteiger partial charge in [0.2, 0.25) is 0 Å². The molecule has 1 aromatic rings. The summed E-state index contributed by atoms with van der Waals surface area (Å²) in [5, 5.41) is 0. The van der Waals surface area contributed by atoms with Gasteiger partial charge in [-0.2, -0.15) is 0 Å². The Morgan fingerprint density at radius 2 is 1.37 bits per heavy atom. The lowest BCUT2D eigenvalue weighted by atomic mass is 9.54. The molecule has 4 bridgehead atoms. The molecule has 4 aliphatic carbocycles. The molecular formula is C27H42O2Si. The van der Waals surface area contributed by atoms with Crippen molar-refractivity contribution in [3.8, 4) is 5.75 Å². The molecule has 0 N–H and O–H groups in total. The Kier molecular flexibility index (Phi) is 6.14. The van der Waals surface area contributed by atoms with Gasteiger partial charge in [-0.25, -0.2) is 0 Å². The first kappa shape index (κ1) is 22.0. The first-order chi connectivity index (χ1) is 14.3. The normalized spacial score (nSPS) is 28.0. The Balaban J connectivity index is 1.69. The number of methoxy groups -OCH3 is 1. The average Bonchev–Trinajstić information content (AvgIpc) is 2.67. The lowest BCUT2D eigenvalue weighted by molar-refractivity contribution is 0.0675. The van der Waals surface area contributed by atoms with Gasteiger partial charge in [0.25, 0.3) is 8.32 Å². The maximum atomic E-state index is 6.99. The van der Waals surface area contributed by atoms with Crippen LogP contribution in [-0.2, 0) is 4.74 Å². The van der Waals surface area contributed by atoms with Crippen LogP contribution in [0.1, 0.15) is 79.2 Å². The highest BCUT2D eigenvalue weighted by Crippen LogP contribution is 2.58. The Bertz CT molecular complexity index is 740. The number of hydrogen-bond acceptors (Lipinski definition) is 2. The second kappa shape index (κ2) is 8.37. The third-order valence-electron chi connectivity index (χ3n) is 8.58. The van der Waals surface area contributed by atoms with Gasteiger partial charge in [0, 0.05) is 5.56 Å². The van der Waals surface area contributed by atoms with Gasteiger partial charge < -0.3 is 9.16 Å². The van der Waals surface area contributed by atoms with E-state index < -0.39 is 8.32 Å². The van der Waals surface area contributed by atoms with Crippen molar-refractivity contribution < 1.29 is 9.16 Å². The summed E-state index contributed by atoms with van der Waals surface area (Å²) in [5.41, 5.74) is 4.57. The monoisotopic (exact) mass is 426 g/mol. The Morgan fingerprint density at radius 1 is 0.833 bits per heavy atom. The van der Waals surface area contributed by atoms with E-state index in [2.05, 4.69) is 65.8 Å². The Labute approximate surface area is 185 Å². The Hall–Kier alpha value is -1.22. The topological polar surface area (TPSA) is 18.5 Å². The quantitative estimate of drug-likeness (QED) is 0.324. The van der Waals surface area contributed by atoms with Crippen LogP contribution in [0.15, 0.2) is 29.8 Å². The first-order valence-electron chi connectivity index (χ1n) is 12.3. The summed E-state index contributed by atoms with van der Waals surface area (Å²) in [6.07, 6.45) is 7.02. The number of allylic oxidation sites excluding steroid dienone is 1. The lowest BCUT2D eigenvalue weighted by Crippen LogP contribution is -2.50. The third-order valence-corrected chi connectivity index (χ3v) is 14.6. The standard InChI is InChI=1S/C27H42O2Si/c1-17(2)30(18(3)4,19(5)6)29-25-10-8-9-22(16-25)27(28-7)26-23-12-20-11-21(14-23)15-24(26)13-20/h8-10,16-21,23-24H,11-15H2,1-7H3. The largest absolute Gasteiger partial charge is 0.543 e. The van der Waals surface area contributed by atoms with E-state index in [4.69, 9.17) is 9.16 Å². The first-order valence-corrected chi connectivity index (χ1v) is 14.5. The van der Waals surface area contributed by atoms with Crippen LogP contribution in [-0.4, -0.2) is 15.4 Å². The zero-order chi connectivity index (χ0) is 21.6. The molecule has 4 saturated carbocycles. The van der Waals surface area contributed by atoms with Gasteiger partial charge in [-0.1, -0.05) is 53.7 Å². The minimum absolute atomic E-state index is 0.575. The van der Waals surface area contributed by atoms with Gasteiger partial charge in [-0.3, -0.25) is 0 Å². The van der Waals surface area contributed by atoms with Gasteiger partial charge in [-0.05, 0) is 90.1 Å². The molecule has 4 fully saturated rings. The zero-order valence-electron chi connectivity index (χ0n) is 20.2. The summed E-state index contributed by atoms with van der Waals surface area (Å²) < 4.78 is 13.1. The third kappa shape index (κ3) is 3.65. The summed E-state index contributed by atoms with van der Waals surface area (Å²) in [7, 11) is -0.0874. The molecule has 0 amide bonds. The molecule has 1 aromatic carbocycles. The molecule has 0 radical (unpaired) electrons. The van der Waals surface area contributed by atoms with Crippen LogP contribution >= 0.6 is 0 Å². The second-order valence-corrected chi connectivity index (χ2v) is 16.6. The maximum Gasteiger partial charge on any atom is 0.258 e. The van der Waals surface area contributed by atoms with Gasteiger partial charge in [-0.15, -0.1) is 0 Å². The fourth-order valence-corrected chi connectivity index (χ4v) is 13.0. The van der Waals surface area contributed by atoms with E-state index in [9.17, 15) is 0 Å². The highest BCUT2D eigenvalue weighted by molar-refractivity contribution is 6.78. The summed E-state index contributed by atoms with van der Waals surface area (Å²) in [5.74, 6) is 5.62. The molecule has 0 aromatic heterocycles. The molecule has 0 aliphatic heterocycles. The molecule has 4 aliphatic rings. The van der Waals surface area contributed by atoms with Crippen LogP contribution in [0.2, 0.25) is 16.6 Å². The second-order valence-electron chi connectivity index (χ2n) is 11.2. The van der Waals surface area contributed by atoms with Crippen molar-refractivity contribution in [3.63, 3.8) is 0 Å². The SMILES string of the molecule is COC(=C1C2CC3CC(C2)CC1C3)c1cccc(O[Si](C(C)C)(C(C)C)C(C)C)c1. The Morgan fingerprint density at radius 3 is 1.83 bits per heavy atom. The predicted molar refractivity (Wildman–Crippen MR) is 129 cm³/mol. The van der Waals surface area contributed by atoms with E-state index in [0.29, 0.717) is 16.6 Å². The van der Waals surface area contributed by atoms with E-state index in [0.717, 1.165) is 35.2 Å². The maximum absolute atomic E-state index is 6.99. The average molecular weight is 427 g/mol. The minimum atomic E-state index is -1.96. The smallest absolute Gasteiger partial charge is 0.258 e. The van der Waals surface area contributed by atoms with Gasteiger partial charge >= 0.3 is 0 Å². The van der Waals surface area contributed by atoms with Crippen molar-refractivity contribution in [2.75, 3.05) is 7.11 Å². The fraction of sp³-hybridized carbons (Fsp3) is 0.704. The van der Waals surface area contributed by atoms with Crippen molar-refractivity contribution in [3.05, 3.63) is 35.4 Å². The van der Waals surface area contributed by atoms with Crippen LogP contribution in [0.25, 0.3) is 5.76 Å². The molecule has 2 nitrogen and oxygen atoms in total. The molecule has 0 atom stereocenters. The number of rotatable bonds is 7. The van der Waals surface area contributed by atoms with E-state index >= 15 is 0 Å². The summed E-state index contributed by atoms with van der Waals surface area (Å²) in [6, 6.07) is 8.83. The van der Waals surface area contributed by atoms with Crippen LogP contribution in [0.4, 0.5) is 0 Å². The van der Waals surface area contributed by atoms with Gasteiger partial charge in [0.1, 0.15) is 11.5 Å². The molecule has 30 heavy (non-hydrogen) atoms. The molecule has 5 rings (SSSR count). The number of ether oxygens (including phenoxy) is 1. The van der Waals surface area contributed by atoms with Crippen molar-refractivity contribution in [2.24, 2.45) is 23.7 Å². The molecule has 0 saturated heterocycles. The predicted octanol–water partition coefficient (Wildman–Crippen LogP) is 8.05. The van der Waals surface area contributed by atoms with E-state index in [-0.39, 0.29) is 0 Å². The molecule has 3 heteroatoms. The van der Waals surface area contributed by atoms with Gasteiger partial charge in [0.05, 0.1) is 7.11 Å². The molecule has 0 spiro atoms. The van der Waals surface area contributed by atoms with Gasteiger partial charge in [0.15, 0.2) is 0 Å². The molecule has 0 unspecified atom stereocenters. The van der Waals surface area contributed by atoms with Crippen LogP contribution < -0.4 is 4.43 Å². The van der Waals surface area contributed by atoms with Crippen LogP contribution in [0.3, 0.4) is 0 Å². The number of benzene rings is 1. The van der Waals surface area contributed by atoms with Crippen LogP contribution in [0.5, 0.6) is 5.75 Å². The van der Waals surface area contributed by atoms with Crippen molar-refractivity contribution in [2.45, 2.75) is 90.3 Å². The van der Waals surface area contributed by atoms with Crippen molar-refractivity contribution in [1.82, 2.24) is 0 Å². The highest BCUT2D eigenvalue weighted by atomic mass is 28.4. The zero-order valence-corrected chi connectivity index (χ0v) is 21.2. The van der Waals surface area contributed by atoms with Crippen molar-refractivity contribution >= 4 is 14.1 Å². The molecule has 166 valence electrons. The summed E-state index contributed by atoms with van der Waals surface area (Å²) >= 11 is 0. The van der Waals surface area contributed by atoms with Crippen LogP contribution in [0, 0.1) is 23.7 Å². The molecule has 0 heterocycles. The van der Waals surface area contributed by atoms with Crippen molar-refractivity contribution in [1.29, 1.82) is 0 Å². The minimum Gasteiger partial charge on any atom is -0.543 e. The lowest BCUT2D eigenvalue weighted by Gasteiger charge is -2.51. The number of hydrogen-bond donors (Lipinski definition) is 0. The summed E-state index contributed by atoms with van der Waals surface area (Å²) in [4.78, 5) is 0. The summed E-state index contributed by atoms with van der Waals surface area (Å²) in [6.45, 7) is 14.1. The van der Waals surface area contributed by atoms with E-state index in [1.165, 1.54) is 37.7 Å². The highest BCUT2D eigenvalue weighted by Gasteiger charge is 2.48. The van der Waals surface area contributed by atoms with E-state index in [1.54, 1.807) is 5.57 Å². The molecular weight excluding hydrogens is 384 g/mol.